The Labute approximate surface area is 101 Å². The molecule has 4 heteroatoms. The molecule has 0 aliphatic heterocycles. The van der Waals surface area contributed by atoms with E-state index in [2.05, 4.69) is 11.8 Å². The van der Waals surface area contributed by atoms with E-state index in [0.717, 1.165) is 18.7 Å². The van der Waals surface area contributed by atoms with E-state index >= 15 is 0 Å². The lowest BCUT2D eigenvalue weighted by atomic mass is 10.1. The molecule has 0 fully saturated rings. The van der Waals surface area contributed by atoms with Crippen LogP contribution < -0.4 is 10.6 Å². The van der Waals surface area contributed by atoms with Gasteiger partial charge in [0, 0.05) is 19.3 Å². The maximum absolute atomic E-state index is 13.0. The summed E-state index contributed by atoms with van der Waals surface area (Å²) in [7, 11) is 1.97. The maximum atomic E-state index is 13.0. The fraction of sp³-hybridized carbons (Fsp3) is 0.500. The summed E-state index contributed by atoms with van der Waals surface area (Å²) in [6.45, 7) is 3.70. The number of nitrogens with two attached hydrogens (primary N) is 1. The summed E-state index contributed by atoms with van der Waals surface area (Å²) in [4.78, 5) is 2.05. The second kappa shape index (κ2) is 6.06. The Kier molecular flexibility index (Phi) is 5.03. The van der Waals surface area contributed by atoms with E-state index < -0.39 is 0 Å². The van der Waals surface area contributed by atoms with Crippen LogP contribution in [-0.4, -0.2) is 20.1 Å². The Morgan fingerprint density at radius 3 is 2.75 bits per heavy atom. The molecule has 0 saturated heterocycles. The molecule has 0 heterocycles. The summed E-state index contributed by atoms with van der Waals surface area (Å²) in [5.74, 6) is 0.118. The fourth-order valence-corrected chi connectivity index (χ4v) is 1.56. The molecule has 16 heavy (non-hydrogen) atoms. The summed E-state index contributed by atoms with van der Waals surface area (Å²) in [5.41, 5.74) is 6.48. The van der Waals surface area contributed by atoms with Crippen LogP contribution in [0, 0.1) is 11.7 Å². The maximum Gasteiger partial charge on any atom is 0.141 e. The first kappa shape index (κ1) is 13.3. The van der Waals surface area contributed by atoms with Crippen molar-refractivity contribution in [3.63, 3.8) is 0 Å². The van der Waals surface area contributed by atoms with Crippen LogP contribution in [0.25, 0.3) is 0 Å². The molecule has 0 aromatic heterocycles. The van der Waals surface area contributed by atoms with Crippen molar-refractivity contribution >= 4 is 17.3 Å². The second-order valence-corrected chi connectivity index (χ2v) is 4.56. The number of hydrogen-bond donors (Lipinski definition) is 1. The van der Waals surface area contributed by atoms with Gasteiger partial charge in [-0.25, -0.2) is 4.39 Å². The molecule has 1 rings (SSSR count). The van der Waals surface area contributed by atoms with E-state index in [-0.39, 0.29) is 10.8 Å². The van der Waals surface area contributed by atoms with Gasteiger partial charge in [-0.05, 0) is 37.1 Å². The van der Waals surface area contributed by atoms with Crippen LogP contribution in [0.2, 0.25) is 5.02 Å². The van der Waals surface area contributed by atoms with E-state index in [1.54, 1.807) is 12.1 Å². The standard InChI is InChI=1S/C12H18ClFN2/c1-9(8-15)5-6-16(2)10-3-4-12(14)11(13)7-10/h3-4,7,9H,5-6,8,15H2,1-2H3. The zero-order valence-electron chi connectivity index (χ0n) is 9.71. The molecular weight excluding hydrogens is 227 g/mol. The van der Waals surface area contributed by atoms with Crippen molar-refractivity contribution in [2.75, 3.05) is 25.0 Å². The number of rotatable bonds is 5. The van der Waals surface area contributed by atoms with Gasteiger partial charge in [0.05, 0.1) is 5.02 Å². The molecule has 0 amide bonds. The van der Waals surface area contributed by atoms with Crippen LogP contribution in [0.3, 0.4) is 0 Å². The van der Waals surface area contributed by atoms with E-state index in [1.807, 2.05) is 7.05 Å². The second-order valence-electron chi connectivity index (χ2n) is 4.15. The van der Waals surface area contributed by atoms with Crippen molar-refractivity contribution in [3.8, 4) is 0 Å². The van der Waals surface area contributed by atoms with Gasteiger partial charge < -0.3 is 10.6 Å². The van der Waals surface area contributed by atoms with Crippen LogP contribution in [0.15, 0.2) is 18.2 Å². The molecule has 0 aliphatic carbocycles. The third kappa shape index (κ3) is 3.65. The Bertz CT molecular complexity index is 344. The molecule has 0 bridgehead atoms. The third-order valence-electron chi connectivity index (χ3n) is 2.70. The first-order valence-corrected chi connectivity index (χ1v) is 5.78. The van der Waals surface area contributed by atoms with Gasteiger partial charge in [0.15, 0.2) is 0 Å². The Morgan fingerprint density at radius 1 is 1.50 bits per heavy atom. The van der Waals surface area contributed by atoms with Gasteiger partial charge in [-0.1, -0.05) is 18.5 Å². The normalized spacial score (nSPS) is 12.6. The molecule has 0 saturated carbocycles. The molecule has 1 aromatic rings. The Balaban J connectivity index is 2.59. The highest BCUT2D eigenvalue weighted by Crippen LogP contribution is 2.22. The zero-order chi connectivity index (χ0) is 12.1. The average molecular weight is 245 g/mol. The minimum atomic E-state index is -0.380. The number of anilines is 1. The van der Waals surface area contributed by atoms with Gasteiger partial charge >= 0.3 is 0 Å². The predicted octanol–water partition coefficient (Wildman–Crippen LogP) is 2.90. The minimum absolute atomic E-state index is 0.163. The van der Waals surface area contributed by atoms with Crippen molar-refractivity contribution in [1.82, 2.24) is 0 Å². The van der Waals surface area contributed by atoms with Crippen molar-refractivity contribution in [2.45, 2.75) is 13.3 Å². The Hall–Kier alpha value is -0.800. The number of nitrogens with zero attached hydrogens (tertiary/aromatic N) is 1. The van der Waals surface area contributed by atoms with Gasteiger partial charge in [-0.15, -0.1) is 0 Å². The molecule has 0 radical (unpaired) electrons. The molecule has 90 valence electrons. The molecule has 1 aromatic carbocycles. The SMILES string of the molecule is CC(CN)CCN(C)c1ccc(F)c(Cl)c1. The highest BCUT2D eigenvalue weighted by molar-refractivity contribution is 6.31. The lowest BCUT2D eigenvalue weighted by molar-refractivity contribution is 0.545. The molecular formula is C12H18ClFN2. The molecule has 1 atom stereocenters. The van der Waals surface area contributed by atoms with Crippen molar-refractivity contribution in [1.29, 1.82) is 0 Å². The summed E-state index contributed by atoms with van der Waals surface area (Å²) < 4.78 is 13.0. The van der Waals surface area contributed by atoms with Gasteiger partial charge in [0.25, 0.3) is 0 Å². The van der Waals surface area contributed by atoms with Crippen molar-refractivity contribution in [2.24, 2.45) is 11.7 Å². The topological polar surface area (TPSA) is 29.3 Å². The smallest absolute Gasteiger partial charge is 0.141 e. The predicted molar refractivity (Wildman–Crippen MR) is 67.5 cm³/mol. The summed E-state index contributed by atoms with van der Waals surface area (Å²) in [6.07, 6.45) is 1.02. The van der Waals surface area contributed by atoms with Crippen LogP contribution in [0.5, 0.6) is 0 Å². The quantitative estimate of drug-likeness (QED) is 0.863. The molecule has 0 spiro atoms. The summed E-state index contributed by atoms with van der Waals surface area (Å²) in [6, 6.07) is 4.76. The summed E-state index contributed by atoms with van der Waals surface area (Å²) in [5, 5.41) is 0.163. The van der Waals surface area contributed by atoms with Gasteiger partial charge in [-0.3, -0.25) is 0 Å². The molecule has 2 nitrogen and oxygen atoms in total. The summed E-state index contributed by atoms with van der Waals surface area (Å²) >= 11 is 5.73. The lowest BCUT2D eigenvalue weighted by Crippen LogP contribution is -2.22. The number of hydrogen-bond acceptors (Lipinski definition) is 2. The first-order chi connectivity index (χ1) is 7.54. The van der Waals surface area contributed by atoms with Gasteiger partial charge in [0.2, 0.25) is 0 Å². The van der Waals surface area contributed by atoms with Crippen molar-refractivity contribution in [3.05, 3.63) is 29.0 Å². The molecule has 1 unspecified atom stereocenters. The third-order valence-corrected chi connectivity index (χ3v) is 2.99. The van der Waals surface area contributed by atoms with Gasteiger partial charge in [-0.2, -0.15) is 0 Å². The lowest BCUT2D eigenvalue weighted by Gasteiger charge is -2.21. The number of benzene rings is 1. The average Bonchev–Trinajstić information content (AvgIpc) is 2.29. The molecule has 2 N–H and O–H groups in total. The van der Waals surface area contributed by atoms with Crippen LogP contribution in [-0.2, 0) is 0 Å². The van der Waals surface area contributed by atoms with E-state index in [9.17, 15) is 4.39 Å². The van der Waals surface area contributed by atoms with Crippen LogP contribution in [0.1, 0.15) is 13.3 Å². The first-order valence-electron chi connectivity index (χ1n) is 5.41. The number of halogens is 2. The van der Waals surface area contributed by atoms with E-state index in [0.29, 0.717) is 12.5 Å². The Morgan fingerprint density at radius 2 is 2.19 bits per heavy atom. The largest absolute Gasteiger partial charge is 0.375 e. The monoisotopic (exact) mass is 244 g/mol. The van der Waals surface area contributed by atoms with E-state index in [4.69, 9.17) is 17.3 Å². The fourth-order valence-electron chi connectivity index (χ4n) is 1.38. The van der Waals surface area contributed by atoms with Gasteiger partial charge in [0.1, 0.15) is 5.82 Å². The highest BCUT2D eigenvalue weighted by Gasteiger charge is 2.06. The molecule has 0 aliphatic rings. The van der Waals surface area contributed by atoms with E-state index in [1.165, 1.54) is 6.07 Å². The van der Waals surface area contributed by atoms with Crippen LogP contribution in [0.4, 0.5) is 10.1 Å². The minimum Gasteiger partial charge on any atom is -0.375 e. The van der Waals surface area contributed by atoms with Crippen LogP contribution >= 0.6 is 11.6 Å². The van der Waals surface area contributed by atoms with Crippen molar-refractivity contribution < 1.29 is 4.39 Å². The zero-order valence-corrected chi connectivity index (χ0v) is 10.5. The highest BCUT2D eigenvalue weighted by atomic mass is 35.5.